The first kappa shape index (κ1) is 17.1. The number of piperidine rings is 1. The van der Waals surface area contributed by atoms with Crippen molar-refractivity contribution in [2.45, 2.75) is 32.8 Å². The summed E-state index contributed by atoms with van der Waals surface area (Å²) in [6.45, 7) is 3.90. The van der Waals surface area contributed by atoms with E-state index in [2.05, 4.69) is 15.9 Å². The number of halogens is 1. The second kappa shape index (κ2) is 8.39. The van der Waals surface area contributed by atoms with Gasteiger partial charge in [0, 0.05) is 13.1 Å². The molecule has 1 N–H and O–H groups in total. The summed E-state index contributed by atoms with van der Waals surface area (Å²) < 4.78 is 11.9. The number of carbonyl (C=O) groups is 1. The summed E-state index contributed by atoms with van der Waals surface area (Å²) in [5, 5.41) is 9.26. The Balaban J connectivity index is 2.06. The van der Waals surface area contributed by atoms with Gasteiger partial charge in [0.15, 0.2) is 18.1 Å². The maximum atomic E-state index is 12.2. The number of aliphatic hydroxyl groups excluding tert-OH is 1. The van der Waals surface area contributed by atoms with E-state index in [9.17, 15) is 9.90 Å². The van der Waals surface area contributed by atoms with Gasteiger partial charge >= 0.3 is 0 Å². The number of rotatable bonds is 6. The molecule has 22 heavy (non-hydrogen) atoms. The maximum absolute atomic E-state index is 12.2. The highest BCUT2D eigenvalue weighted by atomic mass is 79.9. The highest BCUT2D eigenvalue weighted by molar-refractivity contribution is 9.10. The standard InChI is InChI=1S/C16H22BrNO4/c1-2-21-14-9-12(10-19)8-13(17)16(14)22-11-15(20)18-6-4-3-5-7-18/h8-9,19H,2-7,10-11H2,1H3. The molecule has 0 unspecified atom stereocenters. The van der Waals surface area contributed by atoms with Crippen LogP contribution in [0, 0.1) is 0 Å². The zero-order valence-corrected chi connectivity index (χ0v) is 14.4. The predicted octanol–water partition coefficient (Wildman–Crippen LogP) is 2.73. The number of likely N-dealkylation sites (tertiary alicyclic amines) is 1. The summed E-state index contributed by atoms with van der Waals surface area (Å²) in [7, 11) is 0. The lowest BCUT2D eigenvalue weighted by Crippen LogP contribution is -2.38. The van der Waals surface area contributed by atoms with Gasteiger partial charge in [-0.2, -0.15) is 0 Å². The molecule has 1 aliphatic rings. The zero-order chi connectivity index (χ0) is 15.9. The minimum atomic E-state index is -0.0777. The fraction of sp³-hybridized carbons (Fsp3) is 0.562. The fourth-order valence-corrected chi connectivity index (χ4v) is 3.09. The predicted molar refractivity (Wildman–Crippen MR) is 87.2 cm³/mol. The van der Waals surface area contributed by atoms with E-state index in [-0.39, 0.29) is 19.1 Å². The van der Waals surface area contributed by atoms with Crippen molar-refractivity contribution >= 4 is 21.8 Å². The van der Waals surface area contributed by atoms with Crippen LogP contribution in [0.5, 0.6) is 11.5 Å². The van der Waals surface area contributed by atoms with Crippen LogP contribution in [0.15, 0.2) is 16.6 Å². The number of hydrogen-bond acceptors (Lipinski definition) is 4. The number of carbonyl (C=O) groups excluding carboxylic acids is 1. The van der Waals surface area contributed by atoms with Crippen molar-refractivity contribution in [2.24, 2.45) is 0 Å². The molecule has 0 aromatic heterocycles. The molecular formula is C16H22BrNO4. The normalized spacial score (nSPS) is 14.8. The quantitative estimate of drug-likeness (QED) is 0.834. The van der Waals surface area contributed by atoms with Gasteiger partial charge in [-0.3, -0.25) is 4.79 Å². The van der Waals surface area contributed by atoms with Crippen LogP contribution in [0.2, 0.25) is 0 Å². The Morgan fingerprint density at radius 1 is 1.27 bits per heavy atom. The summed E-state index contributed by atoms with van der Waals surface area (Å²) in [6.07, 6.45) is 3.31. The minimum absolute atomic E-state index is 0.000262. The second-order valence-electron chi connectivity index (χ2n) is 5.23. The lowest BCUT2D eigenvalue weighted by Gasteiger charge is -2.26. The van der Waals surface area contributed by atoms with Crippen LogP contribution in [-0.2, 0) is 11.4 Å². The third-order valence-electron chi connectivity index (χ3n) is 3.60. The van der Waals surface area contributed by atoms with E-state index < -0.39 is 0 Å². The third kappa shape index (κ3) is 4.36. The Kier molecular flexibility index (Phi) is 6.51. The molecule has 1 saturated heterocycles. The van der Waals surface area contributed by atoms with Crippen molar-refractivity contribution in [3.8, 4) is 11.5 Å². The van der Waals surface area contributed by atoms with Crippen LogP contribution in [-0.4, -0.2) is 42.2 Å². The maximum Gasteiger partial charge on any atom is 0.260 e. The number of aliphatic hydroxyl groups is 1. The van der Waals surface area contributed by atoms with E-state index in [1.165, 1.54) is 6.42 Å². The number of ether oxygens (including phenoxy) is 2. The number of hydrogen-bond donors (Lipinski definition) is 1. The molecule has 0 bridgehead atoms. The molecule has 0 atom stereocenters. The molecule has 0 spiro atoms. The van der Waals surface area contributed by atoms with Gasteiger partial charge in [0.25, 0.3) is 5.91 Å². The van der Waals surface area contributed by atoms with Crippen molar-refractivity contribution in [3.05, 3.63) is 22.2 Å². The van der Waals surface area contributed by atoms with Crippen molar-refractivity contribution in [1.29, 1.82) is 0 Å². The van der Waals surface area contributed by atoms with Gasteiger partial charge in [0.05, 0.1) is 17.7 Å². The van der Waals surface area contributed by atoms with E-state index in [0.717, 1.165) is 31.5 Å². The monoisotopic (exact) mass is 371 g/mol. The average Bonchev–Trinajstić information content (AvgIpc) is 2.54. The van der Waals surface area contributed by atoms with Gasteiger partial charge in [-0.05, 0) is 59.8 Å². The molecule has 2 rings (SSSR count). The molecule has 1 fully saturated rings. The first-order valence-corrected chi connectivity index (χ1v) is 8.41. The Hall–Kier alpha value is -1.27. The Labute approximate surface area is 139 Å². The van der Waals surface area contributed by atoms with E-state index in [1.807, 2.05) is 11.8 Å². The highest BCUT2D eigenvalue weighted by Gasteiger charge is 2.19. The number of amides is 1. The fourth-order valence-electron chi connectivity index (χ4n) is 2.48. The smallest absolute Gasteiger partial charge is 0.260 e. The number of nitrogens with zero attached hydrogens (tertiary/aromatic N) is 1. The van der Waals surface area contributed by atoms with Crippen LogP contribution in [0.25, 0.3) is 0 Å². The summed E-state index contributed by atoms with van der Waals surface area (Å²) in [4.78, 5) is 14.0. The summed E-state index contributed by atoms with van der Waals surface area (Å²) in [5.74, 6) is 1.04. The van der Waals surface area contributed by atoms with E-state index in [4.69, 9.17) is 9.47 Å². The largest absolute Gasteiger partial charge is 0.490 e. The number of benzene rings is 1. The molecule has 1 aromatic rings. The molecule has 6 heteroatoms. The lowest BCUT2D eigenvalue weighted by molar-refractivity contribution is -0.134. The zero-order valence-electron chi connectivity index (χ0n) is 12.8. The Bertz CT molecular complexity index is 515. The van der Waals surface area contributed by atoms with Crippen LogP contribution in [0.1, 0.15) is 31.7 Å². The van der Waals surface area contributed by atoms with Crippen LogP contribution >= 0.6 is 15.9 Å². The molecule has 1 heterocycles. The van der Waals surface area contributed by atoms with Gasteiger partial charge in [-0.1, -0.05) is 0 Å². The molecule has 1 aromatic carbocycles. The molecule has 0 aliphatic carbocycles. The first-order chi connectivity index (χ1) is 10.7. The van der Waals surface area contributed by atoms with Gasteiger partial charge in [0.1, 0.15) is 0 Å². The highest BCUT2D eigenvalue weighted by Crippen LogP contribution is 2.37. The average molecular weight is 372 g/mol. The molecule has 0 saturated carbocycles. The molecule has 122 valence electrons. The van der Waals surface area contributed by atoms with Crippen LogP contribution in [0.3, 0.4) is 0 Å². The molecular weight excluding hydrogens is 350 g/mol. The molecule has 1 aliphatic heterocycles. The summed E-state index contributed by atoms with van der Waals surface area (Å²) in [6, 6.07) is 3.50. The van der Waals surface area contributed by atoms with Crippen molar-refractivity contribution in [2.75, 3.05) is 26.3 Å². The van der Waals surface area contributed by atoms with Gasteiger partial charge in [-0.25, -0.2) is 0 Å². The molecule has 0 radical (unpaired) electrons. The van der Waals surface area contributed by atoms with E-state index >= 15 is 0 Å². The van der Waals surface area contributed by atoms with Crippen LogP contribution in [0.4, 0.5) is 0 Å². The summed E-state index contributed by atoms with van der Waals surface area (Å²) >= 11 is 3.41. The van der Waals surface area contributed by atoms with Gasteiger partial charge < -0.3 is 19.5 Å². The van der Waals surface area contributed by atoms with Crippen molar-refractivity contribution < 1.29 is 19.4 Å². The van der Waals surface area contributed by atoms with E-state index in [0.29, 0.717) is 22.6 Å². The molecule has 5 nitrogen and oxygen atoms in total. The third-order valence-corrected chi connectivity index (χ3v) is 4.19. The van der Waals surface area contributed by atoms with Gasteiger partial charge in [0.2, 0.25) is 0 Å². The van der Waals surface area contributed by atoms with E-state index in [1.54, 1.807) is 12.1 Å². The topological polar surface area (TPSA) is 59.0 Å². The van der Waals surface area contributed by atoms with Crippen molar-refractivity contribution in [1.82, 2.24) is 4.90 Å². The Morgan fingerprint density at radius 2 is 2.00 bits per heavy atom. The van der Waals surface area contributed by atoms with Crippen LogP contribution < -0.4 is 9.47 Å². The first-order valence-electron chi connectivity index (χ1n) is 7.62. The van der Waals surface area contributed by atoms with Gasteiger partial charge in [-0.15, -0.1) is 0 Å². The minimum Gasteiger partial charge on any atom is -0.490 e. The second-order valence-corrected chi connectivity index (χ2v) is 6.08. The molecule has 1 amide bonds. The van der Waals surface area contributed by atoms with Crippen molar-refractivity contribution in [3.63, 3.8) is 0 Å². The Morgan fingerprint density at radius 3 is 2.64 bits per heavy atom. The SMILES string of the molecule is CCOc1cc(CO)cc(Br)c1OCC(=O)N1CCCCC1. The summed E-state index contributed by atoms with van der Waals surface area (Å²) in [5.41, 5.74) is 0.727. The lowest BCUT2D eigenvalue weighted by atomic mass is 10.1.